The highest BCUT2D eigenvalue weighted by Crippen LogP contribution is 2.45. The van der Waals surface area contributed by atoms with Crippen LogP contribution in [-0.2, 0) is 6.42 Å². The molecule has 0 atom stereocenters. The van der Waals surface area contributed by atoms with E-state index in [1.165, 1.54) is 139 Å². The first-order valence-corrected chi connectivity index (χ1v) is 24.1. The molecule has 11 aromatic carbocycles. The zero-order valence-electron chi connectivity index (χ0n) is 38.0. The van der Waals surface area contributed by atoms with Gasteiger partial charge in [0.25, 0.3) is 0 Å². The molecule has 13 aromatic rings. The lowest BCUT2D eigenvalue weighted by molar-refractivity contribution is 0.796. The molecule has 13 rings (SSSR count). The summed E-state index contributed by atoms with van der Waals surface area (Å²) < 4.78 is 4.76. The minimum absolute atomic E-state index is 1.07. The summed E-state index contributed by atoms with van der Waals surface area (Å²) in [5.74, 6) is 0. The largest absolute Gasteiger partial charge is 0.309 e. The number of hydrogen-bond acceptors (Lipinski definition) is 0. The Balaban J connectivity index is 0.912. The third kappa shape index (κ3) is 6.55. The zero-order valence-corrected chi connectivity index (χ0v) is 38.0. The Morgan fingerprint density at radius 1 is 0.279 bits per heavy atom. The second-order valence-electron chi connectivity index (χ2n) is 18.3. The van der Waals surface area contributed by atoms with Crippen molar-refractivity contribution < 1.29 is 0 Å². The van der Waals surface area contributed by atoms with E-state index in [0.717, 1.165) is 6.42 Å². The van der Waals surface area contributed by atoms with Crippen LogP contribution in [0.2, 0.25) is 0 Å². The third-order valence-corrected chi connectivity index (χ3v) is 14.3. The molecule has 0 fully saturated rings. The summed E-state index contributed by atoms with van der Waals surface area (Å²) in [7, 11) is 0. The van der Waals surface area contributed by atoms with Gasteiger partial charge in [-0.1, -0.05) is 189 Å². The fourth-order valence-electron chi connectivity index (χ4n) is 11.1. The Kier molecular flexibility index (Phi) is 9.65. The summed E-state index contributed by atoms with van der Waals surface area (Å²) in [6, 6.07) is 87.7. The number of fused-ring (bicyclic) bond motifs is 8. The van der Waals surface area contributed by atoms with Crippen LogP contribution in [0.5, 0.6) is 0 Å². The van der Waals surface area contributed by atoms with Gasteiger partial charge in [-0.3, -0.25) is 0 Å². The minimum atomic E-state index is 1.07. The highest BCUT2D eigenvalue weighted by molar-refractivity contribution is 6.22. The van der Waals surface area contributed by atoms with Crippen molar-refractivity contribution in [3.63, 3.8) is 0 Å². The zero-order chi connectivity index (χ0) is 45.1. The second-order valence-corrected chi connectivity index (χ2v) is 18.3. The average Bonchev–Trinajstić information content (AvgIpc) is 3.92. The van der Waals surface area contributed by atoms with Crippen molar-refractivity contribution in [2.75, 3.05) is 0 Å². The Hall–Kier alpha value is -8.46. The van der Waals surface area contributed by atoms with Crippen LogP contribution in [0.3, 0.4) is 0 Å². The summed E-state index contributed by atoms with van der Waals surface area (Å²) in [5.41, 5.74) is 18.5. The lowest BCUT2D eigenvalue weighted by Gasteiger charge is -2.19. The van der Waals surface area contributed by atoms with Crippen LogP contribution in [-0.4, -0.2) is 9.13 Å². The Morgan fingerprint density at radius 2 is 0.662 bits per heavy atom. The number of para-hydroxylation sites is 4. The van der Waals surface area contributed by atoms with Gasteiger partial charge in [0, 0.05) is 32.9 Å². The molecular weight excluding hydrogens is 821 g/mol. The molecule has 2 heteroatoms. The SMILES string of the molecule is CCCCc1ccc2c(-c3ccc(-c4ccc5c(c4)c4ccccc4n5-c4ccccc4)cc3)c3ccccc3c(-c3ccc(-c4ccc5c(c4)c4ccccc4n5-c4ccccc4)cc3)c2c1. The minimum Gasteiger partial charge on any atom is -0.309 e. The van der Waals surface area contributed by atoms with Gasteiger partial charge in [-0.25, -0.2) is 0 Å². The van der Waals surface area contributed by atoms with E-state index in [1.807, 2.05) is 0 Å². The molecule has 0 aliphatic carbocycles. The van der Waals surface area contributed by atoms with Crippen LogP contribution >= 0.6 is 0 Å². The summed E-state index contributed by atoms with van der Waals surface area (Å²) in [6.45, 7) is 2.28. The second kappa shape index (κ2) is 16.5. The smallest absolute Gasteiger partial charge is 0.0541 e. The van der Waals surface area contributed by atoms with Crippen molar-refractivity contribution in [3.8, 4) is 55.9 Å². The fourth-order valence-corrected chi connectivity index (χ4v) is 11.1. The first-order valence-electron chi connectivity index (χ1n) is 24.1. The molecule has 0 amide bonds. The third-order valence-electron chi connectivity index (χ3n) is 14.3. The van der Waals surface area contributed by atoms with Crippen molar-refractivity contribution in [2.45, 2.75) is 26.2 Å². The van der Waals surface area contributed by atoms with E-state index in [2.05, 4.69) is 253 Å². The first kappa shape index (κ1) is 39.9. The van der Waals surface area contributed by atoms with Crippen molar-refractivity contribution in [1.82, 2.24) is 9.13 Å². The van der Waals surface area contributed by atoms with Gasteiger partial charge >= 0.3 is 0 Å². The molecule has 68 heavy (non-hydrogen) atoms. The molecule has 2 heterocycles. The van der Waals surface area contributed by atoms with Crippen LogP contribution in [0.25, 0.3) is 121 Å². The lowest BCUT2D eigenvalue weighted by Crippen LogP contribution is -1.93. The number of rotatable bonds is 9. The number of aromatic nitrogens is 2. The van der Waals surface area contributed by atoms with E-state index in [4.69, 9.17) is 0 Å². The number of hydrogen-bond donors (Lipinski definition) is 0. The Bertz CT molecular complexity index is 4020. The first-order chi connectivity index (χ1) is 33.7. The molecule has 0 N–H and O–H groups in total. The molecule has 2 aromatic heterocycles. The normalized spacial score (nSPS) is 11.8. The molecule has 0 aliphatic rings. The van der Waals surface area contributed by atoms with E-state index in [0.29, 0.717) is 0 Å². The highest BCUT2D eigenvalue weighted by atomic mass is 15.0. The Morgan fingerprint density at radius 3 is 1.15 bits per heavy atom. The van der Waals surface area contributed by atoms with Crippen LogP contribution in [0, 0.1) is 0 Å². The maximum Gasteiger partial charge on any atom is 0.0541 e. The van der Waals surface area contributed by atoms with E-state index in [1.54, 1.807) is 0 Å². The van der Waals surface area contributed by atoms with E-state index in [-0.39, 0.29) is 0 Å². The number of aryl methyl sites for hydroxylation is 1. The predicted molar refractivity (Wildman–Crippen MR) is 290 cm³/mol. The fraction of sp³-hybridized carbons (Fsp3) is 0.0606. The summed E-state index contributed by atoms with van der Waals surface area (Å²) in [5, 5.41) is 10.2. The highest BCUT2D eigenvalue weighted by Gasteiger charge is 2.19. The van der Waals surface area contributed by atoms with Gasteiger partial charge in [-0.2, -0.15) is 0 Å². The Labute approximate surface area is 396 Å². The summed E-state index contributed by atoms with van der Waals surface area (Å²) in [4.78, 5) is 0. The molecule has 322 valence electrons. The molecular formula is C66H48N2. The van der Waals surface area contributed by atoms with E-state index >= 15 is 0 Å². The van der Waals surface area contributed by atoms with Gasteiger partial charge in [-0.15, -0.1) is 0 Å². The maximum absolute atomic E-state index is 2.48. The topological polar surface area (TPSA) is 9.86 Å². The lowest BCUT2D eigenvalue weighted by atomic mass is 9.84. The summed E-state index contributed by atoms with van der Waals surface area (Å²) in [6.07, 6.45) is 3.41. The molecule has 2 nitrogen and oxygen atoms in total. The number of nitrogens with zero attached hydrogens (tertiary/aromatic N) is 2. The van der Waals surface area contributed by atoms with Gasteiger partial charge in [0.2, 0.25) is 0 Å². The van der Waals surface area contributed by atoms with Crippen LogP contribution in [0.15, 0.2) is 237 Å². The maximum atomic E-state index is 2.48. The standard InChI is InChI=1S/C66H48N2/c1-2-3-16-44-27-38-57-60(41-44)66(48-34-30-46(31-35-48)50-37-40-64-59(43-50)54-22-13-15-26-62(54)68(64)52-19-8-5-9-20-52)56-24-11-10-23-55(56)65(57)47-32-28-45(29-33-47)49-36-39-63-58(42-49)53-21-12-14-25-61(53)67(63)51-17-6-4-7-18-51/h4-15,17-43H,2-3,16H2,1H3. The predicted octanol–water partition coefficient (Wildman–Crippen LogP) is 18.2. The molecule has 0 bridgehead atoms. The molecule has 0 aliphatic heterocycles. The van der Waals surface area contributed by atoms with Gasteiger partial charge < -0.3 is 9.13 Å². The monoisotopic (exact) mass is 868 g/mol. The van der Waals surface area contributed by atoms with Crippen LogP contribution < -0.4 is 0 Å². The molecule has 0 spiro atoms. The van der Waals surface area contributed by atoms with Crippen molar-refractivity contribution in [3.05, 3.63) is 242 Å². The van der Waals surface area contributed by atoms with Gasteiger partial charge in [0.05, 0.1) is 22.1 Å². The average molecular weight is 869 g/mol. The molecule has 0 saturated carbocycles. The van der Waals surface area contributed by atoms with Gasteiger partial charge in [0.1, 0.15) is 0 Å². The number of unbranched alkanes of at least 4 members (excludes halogenated alkanes) is 1. The van der Waals surface area contributed by atoms with Crippen molar-refractivity contribution in [1.29, 1.82) is 0 Å². The van der Waals surface area contributed by atoms with Crippen LogP contribution in [0.4, 0.5) is 0 Å². The number of benzene rings is 11. The van der Waals surface area contributed by atoms with Gasteiger partial charge in [-0.05, 0) is 145 Å². The molecule has 0 unspecified atom stereocenters. The molecule has 0 radical (unpaired) electrons. The van der Waals surface area contributed by atoms with Crippen molar-refractivity contribution in [2.24, 2.45) is 0 Å². The van der Waals surface area contributed by atoms with Crippen LogP contribution in [0.1, 0.15) is 25.3 Å². The quantitative estimate of drug-likeness (QED) is 0.128. The van der Waals surface area contributed by atoms with Crippen molar-refractivity contribution >= 4 is 65.2 Å². The molecule has 0 saturated heterocycles. The van der Waals surface area contributed by atoms with Gasteiger partial charge in [0.15, 0.2) is 0 Å². The van der Waals surface area contributed by atoms with E-state index < -0.39 is 0 Å². The van der Waals surface area contributed by atoms with E-state index in [9.17, 15) is 0 Å². The summed E-state index contributed by atoms with van der Waals surface area (Å²) >= 11 is 0.